The first-order chi connectivity index (χ1) is 14.1. The van der Waals surface area contributed by atoms with Gasteiger partial charge in [0.15, 0.2) is 11.5 Å². The zero-order chi connectivity index (χ0) is 20.6. The number of nitrogens with one attached hydrogen (secondary N) is 1. The van der Waals surface area contributed by atoms with Gasteiger partial charge in [0.25, 0.3) is 5.91 Å². The van der Waals surface area contributed by atoms with Crippen LogP contribution in [0.1, 0.15) is 36.8 Å². The molecule has 0 heterocycles. The highest BCUT2D eigenvalue weighted by Crippen LogP contribution is 2.37. The lowest BCUT2D eigenvalue weighted by Crippen LogP contribution is -2.33. The predicted molar refractivity (Wildman–Crippen MR) is 113 cm³/mol. The fourth-order valence-electron chi connectivity index (χ4n) is 3.34. The minimum Gasteiger partial charge on any atom is -0.493 e. The van der Waals surface area contributed by atoms with Crippen molar-refractivity contribution in [3.05, 3.63) is 64.2 Å². The molecule has 0 aliphatic heterocycles. The minimum absolute atomic E-state index is 0.0352. The van der Waals surface area contributed by atoms with Crippen molar-refractivity contribution in [3.8, 4) is 17.6 Å². The molecule has 1 N–H and O–H groups in total. The third-order valence-electron chi connectivity index (χ3n) is 4.84. The van der Waals surface area contributed by atoms with Crippen LogP contribution < -0.4 is 14.8 Å². The number of nitrogens with zero attached hydrogens (tertiary/aromatic N) is 1. The molecule has 0 radical (unpaired) electrons. The van der Waals surface area contributed by atoms with Crippen LogP contribution in [0, 0.1) is 11.3 Å². The predicted octanol–water partition coefficient (Wildman–Crippen LogP) is 4.89. The third-order valence-corrected chi connectivity index (χ3v) is 5.12. The fourth-order valence-corrected chi connectivity index (χ4v) is 3.62. The molecule has 2 aromatic rings. The highest BCUT2D eigenvalue weighted by molar-refractivity contribution is 6.32. The number of hydrogen-bond donors (Lipinski definition) is 1. The Morgan fingerprint density at radius 1 is 1.28 bits per heavy atom. The van der Waals surface area contributed by atoms with Crippen molar-refractivity contribution in [2.24, 2.45) is 0 Å². The molecule has 2 aromatic carbocycles. The summed E-state index contributed by atoms with van der Waals surface area (Å²) in [5.74, 6) is 0.496. The van der Waals surface area contributed by atoms with Gasteiger partial charge in [-0.1, -0.05) is 54.8 Å². The van der Waals surface area contributed by atoms with E-state index in [1.807, 2.05) is 36.4 Å². The van der Waals surface area contributed by atoms with Crippen LogP contribution in [0.15, 0.2) is 48.0 Å². The van der Waals surface area contributed by atoms with Crippen molar-refractivity contribution >= 4 is 23.6 Å². The van der Waals surface area contributed by atoms with Crippen LogP contribution >= 0.6 is 11.6 Å². The Kier molecular flexibility index (Phi) is 7.15. The number of amides is 1. The van der Waals surface area contributed by atoms with Crippen LogP contribution in [0.25, 0.3) is 6.08 Å². The smallest absolute Gasteiger partial charge is 0.262 e. The molecular weight excluding hydrogens is 388 g/mol. The number of carbonyl (C=O) groups excluding carboxylic acids is 1. The molecule has 1 saturated carbocycles. The Balaban J connectivity index is 1.78. The van der Waals surface area contributed by atoms with Crippen LogP contribution in [-0.4, -0.2) is 19.1 Å². The quantitative estimate of drug-likeness (QED) is 0.521. The number of methoxy groups -OCH3 is 1. The van der Waals surface area contributed by atoms with Gasteiger partial charge in [0, 0.05) is 6.04 Å². The summed E-state index contributed by atoms with van der Waals surface area (Å²) in [4.78, 5) is 12.4. The van der Waals surface area contributed by atoms with Gasteiger partial charge in [-0.05, 0) is 42.2 Å². The summed E-state index contributed by atoms with van der Waals surface area (Å²) < 4.78 is 11.3. The molecule has 5 nitrogen and oxygen atoms in total. The average molecular weight is 411 g/mol. The second-order valence-electron chi connectivity index (χ2n) is 6.93. The molecule has 1 aliphatic rings. The van der Waals surface area contributed by atoms with Gasteiger partial charge in [0.1, 0.15) is 18.2 Å². The van der Waals surface area contributed by atoms with Gasteiger partial charge in [-0.2, -0.15) is 5.26 Å². The second kappa shape index (κ2) is 9.99. The number of rotatable bonds is 7. The lowest BCUT2D eigenvalue weighted by atomic mass is 10.1. The minimum atomic E-state index is -0.362. The van der Waals surface area contributed by atoms with Crippen molar-refractivity contribution in [1.82, 2.24) is 5.32 Å². The second-order valence-corrected chi connectivity index (χ2v) is 7.34. The molecular formula is C23H23ClN2O3. The highest BCUT2D eigenvalue weighted by atomic mass is 35.5. The van der Waals surface area contributed by atoms with Crippen LogP contribution in [0.5, 0.6) is 11.5 Å². The molecule has 6 heteroatoms. The van der Waals surface area contributed by atoms with Crippen LogP contribution in [0.3, 0.4) is 0 Å². The zero-order valence-electron chi connectivity index (χ0n) is 16.3. The lowest BCUT2D eigenvalue weighted by Gasteiger charge is -2.14. The largest absolute Gasteiger partial charge is 0.493 e. The summed E-state index contributed by atoms with van der Waals surface area (Å²) in [5.41, 5.74) is 1.63. The Morgan fingerprint density at radius 2 is 2.00 bits per heavy atom. The monoisotopic (exact) mass is 410 g/mol. The average Bonchev–Trinajstić information content (AvgIpc) is 3.24. The van der Waals surface area contributed by atoms with E-state index in [2.05, 4.69) is 5.32 Å². The standard InChI is InChI=1S/C23H23ClN2O3/c1-28-21-13-17(11-18(14-25)23(27)26-19-9-5-6-10-19)12-20(24)22(21)29-15-16-7-3-2-4-8-16/h2-4,7-8,11-13,19H,5-6,9-10,15H2,1H3,(H,26,27)/b18-11-. The van der Waals surface area contributed by atoms with Crippen molar-refractivity contribution in [2.75, 3.05) is 7.11 Å². The van der Waals surface area contributed by atoms with Gasteiger partial charge in [-0.3, -0.25) is 4.79 Å². The molecule has 3 rings (SSSR count). The van der Waals surface area contributed by atoms with E-state index < -0.39 is 0 Å². The first-order valence-electron chi connectivity index (χ1n) is 9.57. The van der Waals surface area contributed by atoms with Crippen molar-refractivity contribution in [2.45, 2.75) is 38.3 Å². The molecule has 0 spiro atoms. The first-order valence-corrected chi connectivity index (χ1v) is 9.95. The van der Waals surface area contributed by atoms with Gasteiger partial charge >= 0.3 is 0 Å². The van der Waals surface area contributed by atoms with E-state index in [-0.39, 0.29) is 17.5 Å². The molecule has 1 aliphatic carbocycles. The lowest BCUT2D eigenvalue weighted by molar-refractivity contribution is -0.117. The molecule has 0 unspecified atom stereocenters. The molecule has 29 heavy (non-hydrogen) atoms. The number of benzene rings is 2. The highest BCUT2D eigenvalue weighted by Gasteiger charge is 2.20. The third kappa shape index (κ3) is 5.52. The normalized spacial score (nSPS) is 14.3. The summed E-state index contributed by atoms with van der Waals surface area (Å²) in [7, 11) is 1.52. The van der Waals surface area contributed by atoms with E-state index in [0.29, 0.717) is 28.7 Å². The van der Waals surface area contributed by atoms with E-state index in [0.717, 1.165) is 31.2 Å². The van der Waals surface area contributed by atoms with E-state index in [9.17, 15) is 10.1 Å². The molecule has 0 aromatic heterocycles. The molecule has 0 saturated heterocycles. The summed E-state index contributed by atoms with van der Waals surface area (Å²) >= 11 is 6.41. The Labute approximate surface area is 175 Å². The topological polar surface area (TPSA) is 71.3 Å². The number of halogens is 1. The maximum Gasteiger partial charge on any atom is 0.262 e. The van der Waals surface area contributed by atoms with E-state index in [1.165, 1.54) is 13.2 Å². The zero-order valence-corrected chi connectivity index (χ0v) is 17.0. The Hall–Kier alpha value is -2.97. The fraction of sp³-hybridized carbons (Fsp3) is 0.304. The van der Waals surface area contributed by atoms with Crippen molar-refractivity contribution in [3.63, 3.8) is 0 Å². The van der Waals surface area contributed by atoms with E-state index in [4.69, 9.17) is 21.1 Å². The van der Waals surface area contributed by atoms with Crippen LogP contribution in [-0.2, 0) is 11.4 Å². The van der Waals surface area contributed by atoms with Gasteiger partial charge in [-0.15, -0.1) is 0 Å². The van der Waals surface area contributed by atoms with Gasteiger partial charge in [-0.25, -0.2) is 0 Å². The van der Waals surface area contributed by atoms with Crippen molar-refractivity contribution in [1.29, 1.82) is 5.26 Å². The van der Waals surface area contributed by atoms with Gasteiger partial charge in [0.2, 0.25) is 0 Å². The first kappa shape index (κ1) is 20.8. The number of hydrogen-bond acceptors (Lipinski definition) is 4. The molecule has 0 atom stereocenters. The van der Waals surface area contributed by atoms with Gasteiger partial charge in [0.05, 0.1) is 12.1 Å². The van der Waals surface area contributed by atoms with E-state index >= 15 is 0 Å². The summed E-state index contributed by atoms with van der Waals surface area (Å²) in [6.07, 6.45) is 5.64. The number of ether oxygens (including phenoxy) is 2. The van der Waals surface area contributed by atoms with Crippen LogP contribution in [0.4, 0.5) is 0 Å². The van der Waals surface area contributed by atoms with Gasteiger partial charge < -0.3 is 14.8 Å². The number of carbonyl (C=O) groups is 1. The van der Waals surface area contributed by atoms with Crippen LogP contribution in [0.2, 0.25) is 5.02 Å². The summed E-state index contributed by atoms with van der Waals surface area (Å²) in [6, 6.07) is 15.2. The maximum atomic E-state index is 12.4. The number of nitriles is 1. The molecule has 1 fully saturated rings. The maximum absolute atomic E-state index is 12.4. The molecule has 0 bridgehead atoms. The summed E-state index contributed by atoms with van der Waals surface area (Å²) in [5, 5.41) is 12.7. The van der Waals surface area contributed by atoms with Crippen molar-refractivity contribution < 1.29 is 14.3 Å². The Morgan fingerprint density at radius 3 is 2.66 bits per heavy atom. The molecule has 1 amide bonds. The SMILES string of the molecule is COc1cc(/C=C(/C#N)C(=O)NC2CCCC2)cc(Cl)c1OCc1ccccc1. The molecule has 150 valence electrons. The summed E-state index contributed by atoms with van der Waals surface area (Å²) in [6.45, 7) is 0.347. The Bertz CT molecular complexity index is 929. The van der Waals surface area contributed by atoms with E-state index in [1.54, 1.807) is 12.1 Å².